The van der Waals surface area contributed by atoms with E-state index in [1.165, 1.54) is 6.33 Å². The number of aromatic amines is 1. The van der Waals surface area contributed by atoms with Crippen molar-refractivity contribution in [2.24, 2.45) is 0 Å². The molecule has 1 aliphatic heterocycles. The number of carbonyl (C=O) groups excluding carboxylic acids is 1. The van der Waals surface area contributed by atoms with Gasteiger partial charge >= 0.3 is 0 Å². The van der Waals surface area contributed by atoms with Gasteiger partial charge in [-0.1, -0.05) is 12.1 Å². The topological polar surface area (TPSA) is 92.6 Å². The van der Waals surface area contributed by atoms with Gasteiger partial charge < -0.3 is 9.88 Å². The normalized spacial score (nSPS) is 17.9. The van der Waals surface area contributed by atoms with E-state index in [0.29, 0.717) is 13.0 Å². The highest BCUT2D eigenvalue weighted by atomic mass is 16.2. The molecule has 1 N–H and O–H groups in total. The lowest BCUT2D eigenvalue weighted by atomic mass is 10.2. The maximum Gasteiger partial charge on any atom is 0.225 e. The molecule has 2 aromatic heterocycles. The number of amides is 1. The molecule has 1 aromatic carbocycles. The second-order valence-electron chi connectivity index (χ2n) is 5.71. The van der Waals surface area contributed by atoms with Crippen LogP contribution < -0.4 is 0 Å². The van der Waals surface area contributed by atoms with Crippen molar-refractivity contribution in [1.29, 1.82) is 0 Å². The van der Waals surface area contributed by atoms with Gasteiger partial charge in [0.1, 0.15) is 12.2 Å². The van der Waals surface area contributed by atoms with E-state index in [9.17, 15) is 4.79 Å². The van der Waals surface area contributed by atoms with Crippen molar-refractivity contribution in [1.82, 2.24) is 35.1 Å². The average molecular weight is 311 g/mol. The molecule has 0 radical (unpaired) electrons. The summed E-state index contributed by atoms with van der Waals surface area (Å²) in [5.74, 6) is 0.989. The molecule has 1 saturated heterocycles. The molecule has 1 fully saturated rings. The monoisotopic (exact) mass is 311 g/mol. The molecule has 0 spiro atoms. The Kier molecular flexibility index (Phi) is 3.49. The van der Waals surface area contributed by atoms with E-state index in [2.05, 4.69) is 25.5 Å². The zero-order chi connectivity index (χ0) is 15.6. The van der Waals surface area contributed by atoms with E-state index < -0.39 is 0 Å². The van der Waals surface area contributed by atoms with Crippen LogP contribution in [-0.4, -0.2) is 47.5 Å². The maximum atomic E-state index is 12.5. The predicted molar refractivity (Wildman–Crippen MR) is 82.2 cm³/mol. The Labute approximate surface area is 132 Å². The molecule has 0 bridgehead atoms. The summed E-state index contributed by atoms with van der Waals surface area (Å²) in [6.07, 6.45) is 3.85. The van der Waals surface area contributed by atoms with Gasteiger partial charge in [0.15, 0.2) is 0 Å². The number of nitrogens with zero attached hydrogens (tertiary/aromatic N) is 6. The Morgan fingerprint density at radius 1 is 1.35 bits per heavy atom. The number of aryl methyl sites for hydroxylation is 1. The van der Waals surface area contributed by atoms with E-state index in [1.54, 1.807) is 4.68 Å². The fraction of sp³-hybridized carbons (Fsp3) is 0.400. The molecule has 8 nitrogen and oxygen atoms in total. The molecule has 4 rings (SSSR count). The highest BCUT2D eigenvalue weighted by Gasteiger charge is 2.31. The Balaban J connectivity index is 1.50. The Hall–Kier alpha value is -2.77. The van der Waals surface area contributed by atoms with Gasteiger partial charge in [0.2, 0.25) is 5.91 Å². The SMILES string of the molecule is O=C(CCn1cnnn1)N1CCCC1c1nc2ccccc2[nH]1. The van der Waals surface area contributed by atoms with Gasteiger partial charge in [-0.25, -0.2) is 9.67 Å². The summed E-state index contributed by atoms with van der Waals surface area (Å²) in [6, 6.07) is 7.97. The van der Waals surface area contributed by atoms with Gasteiger partial charge in [0, 0.05) is 13.0 Å². The lowest BCUT2D eigenvalue weighted by Crippen LogP contribution is -2.31. The Morgan fingerprint density at radius 2 is 2.26 bits per heavy atom. The lowest BCUT2D eigenvalue weighted by molar-refractivity contribution is -0.132. The fourth-order valence-electron chi connectivity index (χ4n) is 3.12. The predicted octanol–water partition coefficient (Wildman–Crippen LogP) is 1.30. The molecule has 8 heteroatoms. The van der Waals surface area contributed by atoms with Crippen LogP contribution in [0.15, 0.2) is 30.6 Å². The van der Waals surface area contributed by atoms with Gasteiger partial charge in [-0.3, -0.25) is 4.79 Å². The fourth-order valence-corrected chi connectivity index (χ4v) is 3.12. The zero-order valence-electron chi connectivity index (χ0n) is 12.6. The van der Waals surface area contributed by atoms with Crippen LogP contribution in [-0.2, 0) is 11.3 Å². The molecule has 1 amide bonds. The lowest BCUT2D eigenvalue weighted by Gasteiger charge is -2.23. The quantitative estimate of drug-likeness (QED) is 0.784. The number of H-pyrrole nitrogens is 1. The van der Waals surface area contributed by atoms with Crippen LogP contribution in [0.5, 0.6) is 0 Å². The molecule has 1 unspecified atom stereocenters. The van der Waals surface area contributed by atoms with Crippen LogP contribution in [0, 0.1) is 0 Å². The number of nitrogens with one attached hydrogen (secondary N) is 1. The van der Waals surface area contributed by atoms with Gasteiger partial charge in [0.25, 0.3) is 0 Å². The minimum atomic E-state index is 0.0313. The van der Waals surface area contributed by atoms with Crippen molar-refractivity contribution < 1.29 is 4.79 Å². The third-order valence-electron chi connectivity index (χ3n) is 4.24. The zero-order valence-corrected chi connectivity index (χ0v) is 12.6. The summed E-state index contributed by atoms with van der Waals surface area (Å²) >= 11 is 0. The molecule has 1 atom stereocenters. The van der Waals surface area contributed by atoms with E-state index in [0.717, 1.165) is 36.2 Å². The van der Waals surface area contributed by atoms with Gasteiger partial charge in [-0.2, -0.15) is 0 Å². The molecule has 0 aliphatic carbocycles. The van der Waals surface area contributed by atoms with Gasteiger partial charge in [-0.15, -0.1) is 5.10 Å². The van der Waals surface area contributed by atoms with E-state index >= 15 is 0 Å². The first-order valence-corrected chi connectivity index (χ1v) is 7.76. The van der Waals surface area contributed by atoms with Crippen LogP contribution in [0.3, 0.4) is 0 Å². The minimum Gasteiger partial charge on any atom is -0.340 e. The largest absolute Gasteiger partial charge is 0.340 e. The Bertz CT molecular complexity index is 777. The summed E-state index contributed by atoms with van der Waals surface area (Å²) in [5, 5.41) is 10.9. The van der Waals surface area contributed by atoms with Crippen molar-refractivity contribution in [3.05, 3.63) is 36.4 Å². The van der Waals surface area contributed by atoms with Crippen LogP contribution >= 0.6 is 0 Å². The second kappa shape index (κ2) is 5.79. The number of hydrogen-bond donors (Lipinski definition) is 1. The first-order valence-electron chi connectivity index (χ1n) is 7.76. The van der Waals surface area contributed by atoms with Crippen molar-refractivity contribution in [3.8, 4) is 0 Å². The van der Waals surface area contributed by atoms with Crippen LogP contribution in [0.2, 0.25) is 0 Å². The third kappa shape index (κ3) is 2.67. The second-order valence-corrected chi connectivity index (χ2v) is 5.71. The summed E-state index contributed by atoms with van der Waals surface area (Å²) in [7, 11) is 0. The number of carbonyl (C=O) groups is 1. The smallest absolute Gasteiger partial charge is 0.225 e. The summed E-state index contributed by atoms with van der Waals surface area (Å²) in [4.78, 5) is 22.5. The highest BCUT2D eigenvalue weighted by molar-refractivity contribution is 5.78. The first kappa shape index (κ1) is 13.9. The molecule has 3 aromatic rings. The van der Waals surface area contributed by atoms with Crippen LogP contribution in [0.4, 0.5) is 0 Å². The first-order chi connectivity index (χ1) is 11.3. The standard InChI is InChI=1S/C15H17N7O/c23-14(7-9-21-10-16-19-20-21)22-8-3-6-13(22)15-17-11-4-1-2-5-12(11)18-15/h1-2,4-5,10,13H,3,6-9H2,(H,17,18). The molecule has 3 heterocycles. The molecular formula is C15H17N7O. The number of likely N-dealkylation sites (tertiary alicyclic amines) is 1. The number of tetrazole rings is 1. The maximum absolute atomic E-state index is 12.5. The summed E-state index contributed by atoms with van der Waals surface area (Å²) in [6.45, 7) is 1.27. The number of fused-ring (bicyclic) bond motifs is 1. The number of aromatic nitrogens is 6. The van der Waals surface area contributed by atoms with Crippen molar-refractivity contribution in [2.75, 3.05) is 6.54 Å². The molecule has 118 valence electrons. The molecule has 1 aliphatic rings. The third-order valence-corrected chi connectivity index (χ3v) is 4.24. The summed E-state index contributed by atoms with van der Waals surface area (Å²) in [5.41, 5.74) is 1.95. The van der Waals surface area contributed by atoms with Crippen molar-refractivity contribution in [2.45, 2.75) is 31.8 Å². The number of imidazole rings is 1. The van der Waals surface area contributed by atoms with E-state index in [4.69, 9.17) is 0 Å². The number of para-hydroxylation sites is 2. The van der Waals surface area contributed by atoms with Crippen molar-refractivity contribution in [3.63, 3.8) is 0 Å². The average Bonchev–Trinajstić information content (AvgIpc) is 3.31. The Morgan fingerprint density at radius 3 is 3.09 bits per heavy atom. The summed E-state index contributed by atoms with van der Waals surface area (Å²) < 4.78 is 1.57. The minimum absolute atomic E-state index is 0.0313. The van der Waals surface area contributed by atoms with Gasteiger partial charge in [-0.05, 0) is 35.4 Å². The number of benzene rings is 1. The van der Waals surface area contributed by atoms with Crippen molar-refractivity contribution >= 4 is 16.9 Å². The highest BCUT2D eigenvalue weighted by Crippen LogP contribution is 2.31. The molecule has 23 heavy (non-hydrogen) atoms. The van der Waals surface area contributed by atoms with Crippen LogP contribution in [0.1, 0.15) is 31.1 Å². The number of hydrogen-bond acceptors (Lipinski definition) is 5. The van der Waals surface area contributed by atoms with Gasteiger partial charge in [0.05, 0.1) is 23.6 Å². The molecule has 0 saturated carbocycles. The number of rotatable bonds is 4. The van der Waals surface area contributed by atoms with E-state index in [1.807, 2.05) is 29.2 Å². The van der Waals surface area contributed by atoms with Crippen LogP contribution in [0.25, 0.3) is 11.0 Å². The van der Waals surface area contributed by atoms with E-state index in [-0.39, 0.29) is 11.9 Å². The molecular weight excluding hydrogens is 294 g/mol.